The Morgan fingerprint density at radius 3 is 2.86 bits per heavy atom. The summed E-state index contributed by atoms with van der Waals surface area (Å²) in [7, 11) is 0. The predicted molar refractivity (Wildman–Crippen MR) is 81.8 cm³/mol. The average Bonchev–Trinajstić information content (AvgIpc) is 2.93. The zero-order valence-corrected chi connectivity index (χ0v) is 12.6. The van der Waals surface area contributed by atoms with Crippen LogP contribution in [0.3, 0.4) is 0 Å². The van der Waals surface area contributed by atoms with Crippen LogP contribution in [0.25, 0.3) is 0 Å². The number of nitrogens with one attached hydrogen (secondary N) is 2. The first kappa shape index (κ1) is 15.7. The number of hydrogen-bond acceptors (Lipinski definition) is 4. The Kier molecular flexibility index (Phi) is 4.92. The molecule has 2 aromatic rings. The van der Waals surface area contributed by atoms with Gasteiger partial charge in [-0.05, 0) is 13.3 Å². The molecule has 118 valence electrons. The van der Waals surface area contributed by atoms with Crippen molar-refractivity contribution < 1.29 is 4.79 Å². The molecule has 22 heavy (non-hydrogen) atoms. The summed E-state index contributed by atoms with van der Waals surface area (Å²) in [5.41, 5.74) is -0.979. The molecule has 0 fully saturated rings. The van der Waals surface area contributed by atoms with Gasteiger partial charge in [-0.15, -0.1) is 0 Å². The van der Waals surface area contributed by atoms with Gasteiger partial charge in [0.1, 0.15) is 5.82 Å². The van der Waals surface area contributed by atoms with E-state index in [0.717, 1.165) is 6.42 Å². The zero-order valence-electron chi connectivity index (χ0n) is 12.6. The maximum atomic E-state index is 12.0. The average molecular weight is 305 g/mol. The number of H-pyrrole nitrogens is 1. The van der Waals surface area contributed by atoms with Gasteiger partial charge in [-0.25, -0.2) is 9.48 Å². The molecule has 0 aromatic carbocycles. The van der Waals surface area contributed by atoms with Gasteiger partial charge in [-0.1, -0.05) is 6.92 Å². The molecule has 2 aromatic heterocycles. The molecule has 0 saturated heterocycles. The van der Waals surface area contributed by atoms with E-state index in [1.165, 1.54) is 16.8 Å². The summed E-state index contributed by atoms with van der Waals surface area (Å²) < 4.78 is 3.04. The maximum absolute atomic E-state index is 12.0. The van der Waals surface area contributed by atoms with E-state index >= 15 is 0 Å². The molecule has 0 aliphatic rings. The minimum absolute atomic E-state index is 0.123. The third kappa shape index (κ3) is 3.72. The summed E-state index contributed by atoms with van der Waals surface area (Å²) in [6.45, 7) is 4.25. The number of aromatic amines is 1. The van der Waals surface area contributed by atoms with Gasteiger partial charge in [0.2, 0.25) is 5.91 Å². The van der Waals surface area contributed by atoms with Crippen molar-refractivity contribution in [2.24, 2.45) is 0 Å². The highest BCUT2D eigenvalue weighted by Crippen LogP contribution is 2.16. The van der Waals surface area contributed by atoms with Crippen molar-refractivity contribution in [2.75, 3.05) is 5.32 Å². The topological polar surface area (TPSA) is 102 Å². The molecule has 0 radical (unpaired) electrons. The first-order valence-corrected chi connectivity index (χ1v) is 7.14. The van der Waals surface area contributed by atoms with E-state index in [2.05, 4.69) is 15.4 Å². The lowest BCUT2D eigenvalue weighted by molar-refractivity contribution is -0.116. The fraction of sp³-hybridized carbons (Fsp3) is 0.429. The molecule has 8 nitrogen and oxygen atoms in total. The van der Waals surface area contributed by atoms with E-state index in [1.807, 2.05) is 13.8 Å². The van der Waals surface area contributed by atoms with E-state index in [-0.39, 0.29) is 24.9 Å². The van der Waals surface area contributed by atoms with Crippen LogP contribution in [0.2, 0.25) is 0 Å². The van der Waals surface area contributed by atoms with Crippen LogP contribution in [-0.2, 0) is 11.3 Å². The van der Waals surface area contributed by atoms with E-state index in [9.17, 15) is 14.4 Å². The van der Waals surface area contributed by atoms with Crippen LogP contribution in [0.15, 0.2) is 34.1 Å². The molecule has 0 aliphatic heterocycles. The van der Waals surface area contributed by atoms with Gasteiger partial charge >= 0.3 is 5.69 Å². The second kappa shape index (κ2) is 6.88. The largest absolute Gasteiger partial charge is 0.328 e. The van der Waals surface area contributed by atoms with Gasteiger partial charge < -0.3 is 9.88 Å². The molecule has 2 heterocycles. The van der Waals surface area contributed by atoms with Crippen LogP contribution in [0.4, 0.5) is 5.82 Å². The number of anilines is 1. The summed E-state index contributed by atoms with van der Waals surface area (Å²) in [4.78, 5) is 36.6. The van der Waals surface area contributed by atoms with Crippen molar-refractivity contribution in [3.8, 4) is 0 Å². The van der Waals surface area contributed by atoms with Crippen molar-refractivity contribution in [3.05, 3.63) is 45.4 Å². The standard InChI is InChI=1S/C14H19N5O3/c1-3-10(2)19-11(4-7-15-19)16-12(20)5-8-18-9-6-13(21)17-14(18)22/h4,6-7,9-10H,3,5,8H2,1-2H3,(H,16,20)(H,17,21,22)/t10-/m0/s1. The Morgan fingerprint density at radius 2 is 2.18 bits per heavy atom. The van der Waals surface area contributed by atoms with Crippen molar-refractivity contribution in [2.45, 2.75) is 39.3 Å². The van der Waals surface area contributed by atoms with E-state index in [4.69, 9.17) is 0 Å². The van der Waals surface area contributed by atoms with Gasteiger partial charge in [0.05, 0.1) is 12.2 Å². The lowest BCUT2D eigenvalue weighted by atomic mass is 10.3. The molecule has 0 saturated carbocycles. The first-order chi connectivity index (χ1) is 10.5. The van der Waals surface area contributed by atoms with Crippen LogP contribution >= 0.6 is 0 Å². The highest BCUT2D eigenvalue weighted by molar-refractivity contribution is 5.89. The summed E-state index contributed by atoms with van der Waals surface area (Å²) >= 11 is 0. The van der Waals surface area contributed by atoms with E-state index in [0.29, 0.717) is 5.82 Å². The van der Waals surface area contributed by atoms with Gasteiger partial charge in [-0.2, -0.15) is 5.10 Å². The fourth-order valence-corrected chi connectivity index (χ4v) is 1.99. The molecule has 1 atom stereocenters. The molecule has 8 heteroatoms. The minimum atomic E-state index is -0.523. The number of carbonyl (C=O) groups excluding carboxylic acids is 1. The Morgan fingerprint density at radius 1 is 1.41 bits per heavy atom. The summed E-state index contributed by atoms with van der Waals surface area (Å²) in [6.07, 6.45) is 4.03. The van der Waals surface area contributed by atoms with E-state index in [1.54, 1.807) is 16.9 Å². The highest BCUT2D eigenvalue weighted by atomic mass is 16.2. The number of aromatic nitrogens is 4. The number of aryl methyl sites for hydroxylation is 1. The Labute approximate surface area is 126 Å². The lowest BCUT2D eigenvalue weighted by Gasteiger charge is -2.14. The highest BCUT2D eigenvalue weighted by Gasteiger charge is 2.11. The molecule has 2 rings (SSSR count). The van der Waals surface area contributed by atoms with Crippen molar-refractivity contribution in [1.82, 2.24) is 19.3 Å². The predicted octanol–water partition coefficient (Wildman–Crippen LogP) is 0.733. The van der Waals surface area contributed by atoms with Crippen molar-refractivity contribution >= 4 is 11.7 Å². The fourth-order valence-electron chi connectivity index (χ4n) is 1.99. The molecular weight excluding hydrogens is 286 g/mol. The Bertz CT molecular complexity index is 758. The Balaban J connectivity index is 1.98. The zero-order chi connectivity index (χ0) is 16.1. The smallest absolute Gasteiger partial charge is 0.311 e. The summed E-state index contributed by atoms with van der Waals surface area (Å²) in [5.74, 6) is 0.413. The monoisotopic (exact) mass is 305 g/mol. The molecule has 0 unspecified atom stereocenters. The van der Waals surface area contributed by atoms with Gasteiger partial charge in [0.25, 0.3) is 5.56 Å². The SMILES string of the molecule is CC[C@H](C)n1nccc1NC(=O)CCn1ccc(=O)[nH]c1=O. The van der Waals surface area contributed by atoms with Crippen LogP contribution < -0.4 is 16.6 Å². The van der Waals surface area contributed by atoms with Crippen LogP contribution in [-0.4, -0.2) is 25.2 Å². The lowest BCUT2D eigenvalue weighted by Crippen LogP contribution is -2.30. The van der Waals surface area contributed by atoms with Gasteiger partial charge in [-0.3, -0.25) is 14.6 Å². The number of amides is 1. The second-order valence-electron chi connectivity index (χ2n) is 5.02. The molecular formula is C14H19N5O3. The normalized spacial score (nSPS) is 12.1. The molecule has 0 aliphatic carbocycles. The third-order valence-electron chi connectivity index (χ3n) is 3.42. The number of carbonyl (C=O) groups is 1. The Hall–Kier alpha value is -2.64. The van der Waals surface area contributed by atoms with Crippen molar-refractivity contribution in [1.29, 1.82) is 0 Å². The number of rotatable bonds is 6. The molecule has 0 spiro atoms. The van der Waals surface area contributed by atoms with Crippen molar-refractivity contribution in [3.63, 3.8) is 0 Å². The molecule has 1 amide bonds. The summed E-state index contributed by atoms with van der Waals surface area (Å²) in [5, 5.41) is 6.97. The van der Waals surface area contributed by atoms with Crippen LogP contribution in [0.1, 0.15) is 32.7 Å². The molecule has 0 bridgehead atoms. The quantitative estimate of drug-likeness (QED) is 0.821. The van der Waals surface area contributed by atoms with Gasteiger partial charge in [0, 0.05) is 31.3 Å². The van der Waals surface area contributed by atoms with E-state index < -0.39 is 11.2 Å². The van der Waals surface area contributed by atoms with Crippen LogP contribution in [0.5, 0.6) is 0 Å². The first-order valence-electron chi connectivity index (χ1n) is 7.14. The summed E-state index contributed by atoms with van der Waals surface area (Å²) in [6, 6.07) is 3.17. The number of hydrogen-bond donors (Lipinski definition) is 2. The second-order valence-corrected chi connectivity index (χ2v) is 5.02. The van der Waals surface area contributed by atoms with Gasteiger partial charge in [0.15, 0.2) is 0 Å². The molecule has 2 N–H and O–H groups in total. The minimum Gasteiger partial charge on any atom is -0.311 e. The van der Waals surface area contributed by atoms with Crippen LogP contribution in [0, 0.1) is 0 Å². The maximum Gasteiger partial charge on any atom is 0.328 e. The third-order valence-corrected chi connectivity index (χ3v) is 3.42. The number of nitrogens with zero attached hydrogens (tertiary/aromatic N) is 3.